The molecule has 0 aliphatic heterocycles. The van der Waals surface area contributed by atoms with Crippen LogP contribution in [0.1, 0.15) is 11.1 Å². The molecule has 0 saturated carbocycles. The zero-order chi connectivity index (χ0) is 11.9. The van der Waals surface area contributed by atoms with Crippen LogP contribution in [0.5, 0.6) is 0 Å². The van der Waals surface area contributed by atoms with Gasteiger partial charge in [0.25, 0.3) is 0 Å². The molecule has 1 aliphatic rings. The van der Waals surface area contributed by atoms with E-state index in [2.05, 4.69) is 0 Å². The Balaban J connectivity index is 2.61. The van der Waals surface area contributed by atoms with E-state index in [1.54, 1.807) is 12.1 Å². The molecular formula is C11H9Cl2NO2. The van der Waals surface area contributed by atoms with Crippen LogP contribution in [-0.4, -0.2) is 17.1 Å². The molecular weight excluding hydrogens is 249 g/mol. The molecule has 1 aromatic carbocycles. The van der Waals surface area contributed by atoms with Crippen LogP contribution in [0.25, 0.3) is 5.57 Å². The second-order valence-electron chi connectivity index (χ2n) is 3.64. The van der Waals surface area contributed by atoms with E-state index in [-0.39, 0.29) is 0 Å². The van der Waals surface area contributed by atoms with E-state index in [1.807, 2.05) is 0 Å². The number of aliphatic hydroxyl groups excluding tert-OH is 1. The predicted octanol–water partition coefficient (Wildman–Crippen LogP) is 1.78. The second-order valence-corrected chi connectivity index (χ2v) is 4.48. The summed E-state index contributed by atoms with van der Waals surface area (Å²) in [5.41, 5.74) is 7.05. The Labute approximate surface area is 102 Å². The summed E-state index contributed by atoms with van der Waals surface area (Å²) in [5.74, 6) is -0.599. The molecule has 1 amide bonds. The van der Waals surface area contributed by atoms with Crippen LogP contribution in [0.2, 0.25) is 10.0 Å². The molecule has 1 unspecified atom stereocenters. The van der Waals surface area contributed by atoms with E-state index in [4.69, 9.17) is 28.9 Å². The monoisotopic (exact) mass is 257 g/mol. The van der Waals surface area contributed by atoms with Crippen molar-refractivity contribution in [2.75, 3.05) is 0 Å². The van der Waals surface area contributed by atoms with Crippen LogP contribution < -0.4 is 5.73 Å². The lowest BCUT2D eigenvalue weighted by atomic mass is 10.1. The van der Waals surface area contributed by atoms with Crippen LogP contribution in [-0.2, 0) is 11.2 Å². The second kappa shape index (κ2) is 4.09. The van der Waals surface area contributed by atoms with Gasteiger partial charge in [0.1, 0.15) is 0 Å². The topological polar surface area (TPSA) is 63.3 Å². The van der Waals surface area contributed by atoms with Crippen molar-refractivity contribution in [3.63, 3.8) is 0 Å². The number of benzene rings is 1. The number of primary amides is 1. The van der Waals surface area contributed by atoms with Crippen LogP contribution >= 0.6 is 23.2 Å². The van der Waals surface area contributed by atoms with E-state index >= 15 is 0 Å². The molecule has 5 heteroatoms. The van der Waals surface area contributed by atoms with Crippen LogP contribution in [0.15, 0.2) is 18.2 Å². The molecule has 1 atom stereocenters. The van der Waals surface area contributed by atoms with E-state index in [1.165, 1.54) is 6.08 Å². The van der Waals surface area contributed by atoms with Crippen molar-refractivity contribution in [2.24, 2.45) is 5.73 Å². The molecule has 0 bridgehead atoms. The fourth-order valence-electron chi connectivity index (χ4n) is 1.88. The number of hydrogen-bond acceptors (Lipinski definition) is 2. The zero-order valence-electron chi connectivity index (χ0n) is 8.21. The number of rotatable bonds is 1. The van der Waals surface area contributed by atoms with E-state index in [0.717, 1.165) is 5.56 Å². The summed E-state index contributed by atoms with van der Waals surface area (Å²) >= 11 is 11.9. The lowest BCUT2D eigenvalue weighted by Gasteiger charge is -2.04. The Morgan fingerprint density at radius 2 is 2.19 bits per heavy atom. The first kappa shape index (κ1) is 11.5. The van der Waals surface area contributed by atoms with Gasteiger partial charge in [-0.25, -0.2) is 0 Å². The molecule has 0 aromatic heterocycles. The van der Waals surface area contributed by atoms with Gasteiger partial charge in [-0.1, -0.05) is 23.2 Å². The molecule has 0 spiro atoms. The minimum Gasteiger partial charge on any atom is -0.388 e. The fraction of sp³-hybridized carbons (Fsp3) is 0.182. The van der Waals surface area contributed by atoms with Crippen LogP contribution in [0, 0.1) is 0 Å². The number of hydrogen-bond donors (Lipinski definition) is 2. The fourth-order valence-corrected chi connectivity index (χ4v) is 2.45. The number of nitrogens with two attached hydrogens (primary N) is 1. The minimum absolute atomic E-state index is 0.379. The Morgan fingerprint density at radius 3 is 2.81 bits per heavy atom. The van der Waals surface area contributed by atoms with E-state index in [0.29, 0.717) is 27.6 Å². The predicted molar refractivity (Wildman–Crippen MR) is 63.3 cm³/mol. The van der Waals surface area contributed by atoms with Crippen molar-refractivity contribution in [1.29, 1.82) is 0 Å². The van der Waals surface area contributed by atoms with E-state index in [9.17, 15) is 9.90 Å². The SMILES string of the molecule is NC(=O)C=C1c2cc(Cl)cc(Cl)c2CC1O. The van der Waals surface area contributed by atoms with Crippen molar-refractivity contribution < 1.29 is 9.90 Å². The zero-order valence-corrected chi connectivity index (χ0v) is 9.72. The average Bonchev–Trinajstić information content (AvgIpc) is 2.45. The Morgan fingerprint density at radius 1 is 1.50 bits per heavy atom. The Hall–Kier alpha value is -1.03. The van der Waals surface area contributed by atoms with Crippen LogP contribution in [0.3, 0.4) is 0 Å². The third-order valence-corrected chi connectivity index (χ3v) is 3.08. The molecule has 3 nitrogen and oxygen atoms in total. The number of fused-ring (bicyclic) bond motifs is 1. The van der Waals surface area contributed by atoms with Crippen molar-refractivity contribution in [1.82, 2.24) is 0 Å². The van der Waals surface area contributed by atoms with Gasteiger partial charge in [0.15, 0.2) is 0 Å². The number of carbonyl (C=O) groups excluding carboxylic acids is 1. The highest BCUT2D eigenvalue weighted by Crippen LogP contribution is 2.38. The smallest absolute Gasteiger partial charge is 0.241 e. The van der Waals surface area contributed by atoms with E-state index < -0.39 is 12.0 Å². The largest absolute Gasteiger partial charge is 0.388 e. The maximum atomic E-state index is 10.8. The van der Waals surface area contributed by atoms with Crippen LogP contribution in [0.4, 0.5) is 0 Å². The average molecular weight is 258 g/mol. The lowest BCUT2D eigenvalue weighted by molar-refractivity contribution is -0.113. The molecule has 3 N–H and O–H groups in total. The highest BCUT2D eigenvalue weighted by Gasteiger charge is 2.27. The highest BCUT2D eigenvalue weighted by molar-refractivity contribution is 6.35. The molecule has 16 heavy (non-hydrogen) atoms. The number of aliphatic hydroxyl groups is 1. The van der Waals surface area contributed by atoms with Gasteiger partial charge in [0, 0.05) is 22.5 Å². The Kier molecular flexibility index (Phi) is 2.93. The summed E-state index contributed by atoms with van der Waals surface area (Å²) in [6.07, 6.45) is 0.839. The maximum Gasteiger partial charge on any atom is 0.241 e. The van der Waals surface area contributed by atoms with Gasteiger partial charge in [-0.15, -0.1) is 0 Å². The summed E-state index contributed by atoms with van der Waals surface area (Å²) in [6, 6.07) is 3.29. The quantitative estimate of drug-likeness (QED) is 0.754. The first-order valence-electron chi connectivity index (χ1n) is 4.66. The molecule has 1 aromatic rings. The summed E-state index contributed by atoms with van der Waals surface area (Å²) in [7, 11) is 0. The molecule has 0 heterocycles. The number of halogens is 2. The maximum absolute atomic E-state index is 10.8. The van der Waals surface area contributed by atoms with Gasteiger partial charge < -0.3 is 10.8 Å². The number of carbonyl (C=O) groups is 1. The minimum atomic E-state index is -0.751. The summed E-state index contributed by atoms with van der Waals surface area (Å²) in [4.78, 5) is 10.8. The Bertz CT molecular complexity index is 497. The molecule has 0 saturated heterocycles. The van der Waals surface area contributed by atoms with Crippen molar-refractivity contribution in [3.05, 3.63) is 39.4 Å². The first-order chi connectivity index (χ1) is 7.49. The number of amides is 1. The summed E-state index contributed by atoms with van der Waals surface area (Å²) < 4.78 is 0. The summed E-state index contributed by atoms with van der Waals surface area (Å²) in [6.45, 7) is 0. The van der Waals surface area contributed by atoms with Gasteiger partial charge >= 0.3 is 0 Å². The van der Waals surface area contributed by atoms with Gasteiger partial charge in [-0.05, 0) is 28.8 Å². The highest BCUT2D eigenvalue weighted by atomic mass is 35.5. The molecule has 84 valence electrons. The normalized spacial score (nSPS) is 21.2. The van der Waals surface area contributed by atoms with Crippen molar-refractivity contribution >= 4 is 34.7 Å². The summed E-state index contributed by atoms with van der Waals surface area (Å²) in [5, 5.41) is 10.8. The van der Waals surface area contributed by atoms with Gasteiger partial charge in [-0.2, -0.15) is 0 Å². The molecule has 0 radical (unpaired) electrons. The molecule has 2 rings (SSSR count). The lowest BCUT2D eigenvalue weighted by Crippen LogP contribution is -2.11. The van der Waals surface area contributed by atoms with Gasteiger partial charge in [0.2, 0.25) is 5.91 Å². The molecule has 1 aliphatic carbocycles. The first-order valence-corrected chi connectivity index (χ1v) is 5.42. The third kappa shape index (κ3) is 1.94. The van der Waals surface area contributed by atoms with Gasteiger partial charge in [-0.3, -0.25) is 4.79 Å². The van der Waals surface area contributed by atoms with Crippen molar-refractivity contribution in [2.45, 2.75) is 12.5 Å². The molecule has 0 fully saturated rings. The van der Waals surface area contributed by atoms with Gasteiger partial charge in [0.05, 0.1) is 6.10 Å². The standard InChI is InChI=1S/C11H9Cl2NO2/c12-5-1-6-7(9(13)2-5)3-10(15)8(6)4-11(14)16/h1-2,4,10,15H,3H2,(H2,14,16). The van der Waals surface area contributed by atoms with Crippen molar-refractivity contribution in [3.8, 4) is 0 Å². The third-order valence-electron chi connectivity index (χ3n) is 2.53.